The van der Waals surface area contributed by atoms with Crippen LogP contribution in [0.15, 0.2) is 46.1 Å². The second-order valence-electron chi connectivity index (χ2n) is 7.16. The van der Waals surface area contributed by atoms with Crippen LogP contribution in [0.2, 0.25) is 0 Å². The van der Waals surface area contributed by atoms with Gasteiger partial charge in [0, 0.05) is 0 Å². The summed E-state index contributed by atoms with van der Waals surface area (Å²) in [4.78, 5) is 25.1. The Hall–Kier alpha value is -2.10. The molecule has 0 saturated carbocycles. The molecule has 26 heavy (non-hydrogen) atoms. The highest BCUT2D eigenvalue weighted by atomic mass is 16.5. The zero-order valence-corrected chi connectivity index (χ0v) is 15.8. The molecule has 3 aliphatic carbocycles. The van der Waals surface area contributed by atoms with Gasteiger partial charge in [0.15, 0.2) is 0 Å². The minimum absolute atomic E-state index is 0.222. The summed E-state index contributed by atoms with van der Waals surface area (Å²) in [7, 11) is 2.86. The fourth-order valence-electron chi connectivity index (χ4n) is 4.30. The van der Waals surface area contributed by atoms with Crippen LogP contribution in [0, 0.1) is 5.92 Å². The van der Waals surface area contributed by atoms with Crippen LogP contribution >= 0.6 is 0 Å². The first kappa shape index (κ1) is 18.7. The second-order valence-corrected chi connectivity index (χ2v) is 7.16. The maximum absolute atomic E-state index is 12.5. The third-order valence-corrected chi connectivity index (χ3v) is 5.58. The van der Waals surface area contributed by atoms with Crippen molar-refractivity contribution in [3.8, 4) is 0 Å². The molecule has 0 amide bonds. The SMILES string of the molecule is COC(=O)C1=CCC(C(=O)OC)C(C2=CCCCC2)=C1C1=CCCCC1. The van der Waals surface area contributed by atoms with E-state index in [1.54, 1.807) is 0 Å². The van der Waals surface area contributed by atoms with E-state index in [-0.39, 0.29) is 17.9 Å². The summed E-state index contributed by atoms with van der Waals surface area (Å²) in [5, 5.41) is 0. The highest BCUT2D eigenvalue weighted by Gasteiger charge is 2.36. The molecule has 0 aromatic rings. The monoisotopic (exact) mass is 356 g/mol. The van der Waals surface area contributed by atoms with Gasteiger partial charge in [0.1, 0.15) is 0 Å². The molecule has 0 bridgehead atoms. The first-order valence-corrected chi connectivity index (χ1v) is 9.67. The number of esters is 2. The minimum Gasteiger partial charge on any atom is -0.469 e. The third-order valence-electron chi connectivity index (χ3n) is 5.58. The van der Waals surface area contributed by atoms with Gasteiger partial charge in [-0.15, -0.1) is 0 Å². The van der Waals surface area contributed by atoms with Crippen molar-refractivity contribution in [2.45, 2.75) is 57.8 Å². The van der Waals surface area contributed by atoms with E-state index in [2.05, 4.69) is 12.2 Å². The Bertz CT molecular complexity index is 706. The van der Waals surface area contributed by atoms with Crippen LogP contribution in [0.1, 0.15) is 57.8 Å². The predicted molar refractivity (Wildman–Crippen MR) is 100 cm³/mol. The van der Waals surface area contributed by atoms with Crippen molar-refractivity contribution in [3.05, 3.63) is 46.1 Å². The average molecular weight is 356 g/mol. The van der Waals surface area contributed by atoms with Gasteiger partial charge in [-0.25, -0.2) is 4.79 Å². The Labute approximate surface area is 155 Å². The highest BCUT2D eigenvalue weighted by molar-refractivity contribution is 5.97. The van der Waals surface area contributed by atoms with Gasteiger partial charge >= 0.3 is 11.9 Å². The number of carbonyl (C=O) groups excluding carboxylic acids is 2. The molecule has 0 aromatic carbocycles. The zero-order chi connectivity index (χ0) is 18.5. The van der Waals surface area contributed by atoms with Crippen LogP contribution in [0.4, 0.5) is 0 Å². The van der Waals surface area contributed by atoms with Crippen molar-refractivity contribution in [2.24, 2.45) is 5.92 Å². The van der Waals surface area contributed by atoms with Crippen molar-refractivity contribution in [3.63, 3.8) is 0 Å². The fraction of sp³-hybridized carbons (Fsp3) is 0.545. The van der Waals surface area contributed by atoms with Crippen LogP contribution in [-0.4, -0.2) is 26.2 Å². The molecule has 0 heterocycles. The zero-order valence-electron chi connectivity index (χ0n) is 15.8. The van der Waals surface area contributed by atoms with E-state index >= 15 is 0 Å². The molecule has 0 saturated heterocycles. The summed E-state index contributed by atoms with van der Waals surface area (Å²) < 4.78 is 10.2. The van der Waals surface area contributed by atoms with Crippen molar-refractivity contribution < 1.29 is 19.1 Å². The van der Waals surface area contributed by atoms with Crippen LogP contribution in [-0.2, 0) is 19.1 Å². The largest absolute Gasteiger partial charge is 0.469 e. The van der Waals surface area contributed by atoms with Crippen molar-refractivity contribution in [1.29, 1.82) is 0 Å². The minimum atomic E-state index is -0.337. The summed E-state index contributed by atoms with van der Waals surface area (Å²) in [5.41, 5.74) is 4.95. The molecule has 4 nitrogen and oxygen atoms in total. The summed E-state index contributed by atoms with van der Waals surface area (Å²) >= 11 is 0. The Morgan fingerprint density at radius 3 is 2.08 bits per heavy atom. The van der Waals surface area contributed by atoms with Gasteiger partial charge < -0.3 is 9.47 Å². The smallest absolute Gasteiger partial charge is 0.338 e. The van der Waals surface area contributed by atoms with E-state index in [1.807, 2.05) is 6.08 Å². The molecule has 3 rings (SSSR count). The Morgan fingerprint density at radius 2 is 1.54 bits per heavy atom. The van der Waals surface area contributed by atoms with Crippen LogP contribution in [0.5, 0.6) is 0 Å². The topological polar surface area (TPSA) is 52.6 Å². The molecule has 140 valence electrons. The predicted octanol–water partition coefficient (Wildman–Crippen LogP) is 4.58. The van der Waals surface area contributed by atoms with E-state index in [0.717, 1.165) is 49.7 Å². The van der Waals surface area contributed by atoms with Crippen molar-refractivity contribution in [1.82, 2.24) is 0 Å². The van der Waals surface area contributed by atoms with Gasteiger partial charge in [-0.1, -0.05) is 18.2 Å². The molecule has 3 aliphatic rings. The van der Waals surface area contributed by atoms with Crippen LogP contribution < -0.4 is 0 Å². The lowest BCUT2D eigenvalue weighted by Gasteiger charge is -2.31. The van der Waals surface area contributed by atoms with Crippen LogP contribution in [0.25, 0.3) is 0 Å². The average Bonchev–Trinajstić information content (AvgIpc) is 2.72. The van der Waals surface area contributed by atoms with Gasteiger partial charge in [-0.3, -0.25) is 4.79 Å². The lowest BCUT2D eigenvalue weighted by Crippen LogP contribution is -2.27. The number of methoxy groups -OCH3 is 2. The van der Waals surface area contributed by atoms with Crippen molar-refractivity contribution in [2.75, 3.05) is 14.2 Å². The number of hydrogen-bond donors (Lipinski definition) is 0. The van der Waals surface area contributed by atoms with E-state index < -0.39 is 0 Å². The first-order valence-electron chi connectivity index (χ1n) is 9.67. The maximum atomic E-state index is 12.5. The van der Waals surface area contributed by atoms with E-state index in [0.29, 0.717) is 12.0 Å². The molecule has 0 aliphatic heterocycles. The normalized spacial score (nSPS) is 23.6. The van der Waals surface area contributed by atoms with Gasteiger partial charge in [-0.05, 0) is 80.1 Å². The van der Waals surface area contributed by atoms with Gasteiger partial charge in [0.2, 0.25) is 0 Å². The number of allylic oxidation sites excluding steroid dienone is 5. The maximum Gasteiger partial charge on any atom is 0.338 e. The molecule has 0 fully saturated rings. The molecular formula is C22H28O4. The van der Waals surface area contributed by atoms with E-state index in [1.165, 1.54) is 38.2 Å². The quantitative estimate of drug-likeness (QED) is 0.692. The summed E-state index contributed by atoms with van der Waals surface area (Å²) in [5.74, 6) is -0.875. The fourth-order valence-corrected chi connectivity index (χ4v) is 4.30. The van der Waals surface area contributed by atoms with E-state index in [9.17, 15) is 9.59 Å². The second kappa shape index (κ2) is 8.52. The number of rotatable bonds is 4. The molecule has 4 heteroatoms. The molecule has 0 aromatic heterocycles. The molecule has 0 N–H and O–H groups in total. The summed E-state index contributed by atoms with van der Waals surface area (Å²) in [6, 6.07) is 0. The number of ether oxygens (including phenoxy) is 2. The highest BCUT2D eigenvalue weighted by Crippen LogP contribution is 2.43. The van der Waals surface area contributed by atoms with Crippen LogP contribution in [0.3, 0.4) is 0 Å². The number of carbonyl (C=O) groups is 2. The lowest BCUT2D eigenvalue weighted by atomic mass is 9.73. The Balaban J connectivity index is 2.19. The van der Waals surface area contributed by atoms with Gasteiger partial charge in [0.25, 0.3) is 0 Å². The Morgan fingerprint density at radius 1 is 0.885 bits per heavy atom. The number of hydrogen-bond acceptors (Lipinski definition) is 4. The molecular weight excluding hydrogens is 328 g/mol. The third kappa shape index (κ3) is 3.69. The first-order chi connectivity index (χ1) is 12.7. The standard InChI is InChI=1S/C22H28O4/c1-25-21(23)17-13-14-18(22(24)26-2)20(16-11-7-4-8-12-16)19(17)15-9-5-3-6-10-15/h9,11,13,18H,3-8,10,12,14H2,1-2H3. The molecule has 1 unspecified atom stereocenters. The molecule has 0 radical (unpaired) electrons. The molecule has 0 spiro atoms. The lowest BCUT2D eigenvalue weighted by molar-refractivity contribution is -0.144. The van der Waals surface area contributed by atoms with Crippen molar-refractivity contribution >= 4 is 11.9 Å². The Kier molecular flexibility index (Phi) is 6.12. The van der Waals surface area contributed by atoms with E-state index in [4.69, 9.17) is 9.47 Å². The molecule has 1 atom stereocenters. The summed E-state index contributed by atoms with van der Waals surface area (Å²) in [6.07, 6.45) is 15.3. The van der Waals surface area contributed by atoms with Gasteiger partial charge in [0.05, 0.1) is 25.7 Å². The van der Waals surface area contributed by atoms with Gasteiger partial charge in [-0.2, -0.15) is 0 Å². The summed E-state index contributed by atoms with van der Waals surface area (Å²) in [6.45, 7) is 0.